The van der Waals surface area contributed by atoms with E-state index in [0.717, 1.165) is 30.9 Å². The summed E-state index contributed by atoms with van der Waals surface area (Å²) in [6, 6.07) is 14.8. The van der Waals surface area contributed by atoms with Crippen molar-refractivity contribution in [2.45, 2.75) is 19.0 Å². The maximum atomic E-state index is 12.6. The normalized spacial score (nSPS) is 18.0. The number of hydrogen-bond acceptors (Lipinski definition) is 5. The first-order valence-electron chi connectivity index (χ1n) is 9.50. The van der Waals surface area contributed by atoms with E-state index >= 15 is 0 Å². The van der Waals surface area contributed by atoms with Crippen LogP contribution in [0.2, 0.25) is 0 Å². The quantitative estimate of drug-likeness (QED) is 0.749. The lowest BCUT2D eigenvalue weighted by molar-refractivity contribution is -0.274. The van der Waals surface area contributed by atoms with Gasteiger partial charge in [0.1, 0.15) is 0 Å². The number of ether oxygens (including phenoxy) is 2. The van der Waals surface area contributed by atoms with Gasteiger partial charge >= 0.3 is 6.36 Å². The molecule has 0 saturated carbocycles. The van der Waals surface area contributed by atoms with Crippen molar-refractivity contribution in [3.8, 4) is 5.75 Å². The van der Waals surface area contributed by atoms with Crippen LogP contribution in [0.25, 0.3) is 0 Å². The van der Waals surface area contributed by atoms with Crippen LogP contribution < -0.4 is 15.0 Å². The Morgan fingerprint density at radius 2 is 1.86 bits per heavy atom. The van der Waals surface area contributed by atoms with Crippen LogP contribution in [-0.2, 0) is 11.3 Å². The molecule has 0 radical (unpaired) electrons. The van der Waals surface area contributed by atoms with Crippen molar-refractivity contribution in [1.29, 1.82) is 0 Å². The smallest absolute Gasteiger partial charge is 0.404 e. The van der Waals surface area contributed by atoms with Crippen molar-refractivity contribution in [1.82, 2.24) is 4.90 Å². The highest BCUT2D eigenvalue weighted by molar-refractivity contribution is 5.66. The zero-order chi connectivity index (χ0) is 20.9. The van der Waals surface area contributed by atoms with Crippen LogP contribution in [0.15, 0.2) is 48.5 Å². The van der Waals surface area contributed by atoms with Crippen molar-refractivity contribution in [3.05, 3.63) is 54.1 Å². The van der Waals surface area contributed by atoms with E-state index < -0.39 is 6.36 Å². The third-order valence-electron chi connectivity index (χ3n) is 4.90. The monoisotopic (exact) mass is 409 g/mol. The number of nitrogens with zero attached hydrogens (tertiary/aromatic N) is 2. The molecule has 158 valence electrons. The van der Waals surface area contributed by atoms with E-state index in [9.17, 15) is 13.2 Å². The summed E-state index contributed by atoms with van der Waals surface area (Å²) >= 11 is 0. The van der Waals surface area contributed by atoms with Crippen molar-refractivity contribution < 1.29 is 22.6 Å². The van der Waals surface area contributed by atoms with Gasteiger partial charge in [-0.25, -0.2) is 0 Å². The minimum absolute atomic E-state index is 0.0940. The zero-order valence-electron chi connectivity index (χ0n) is 16.6. The fourth-order valence-corrected chi connectivity index (χ4v) is 3.49. The standard InChI is InChI=1S/C21H26F3N3O2/c1-25-19-12-17(8-9-20(19)29-21(22,23)24)27-11-10-26(2)13-18(27)15-28-14-16-6-4-3-5-7-16/h3-9,12,18,25H,10-11,13-15H2,1-2H3/t18-/m0/s1. The Kier molecular flexibility index (Phi) is 6.87. The van der Waals surface area contributed by atoms with Gasteiger partial charge in [-0.3, -0.25) is 0 Å². The summed E-state index contributed by atoms with van der Waals surface area (Å²) in [5, 5.41) is 2.79. The topological polar surface area (TPSA) is 37.0 Å². The lowest BCUT2D eigenvalue weighted by Gasteiger charge is -2.41. The fraction of sp³-hybridized carbons (Fsp3) is 0.429. The van der Waals surface area contributed by atoms with Crippen LogP contribution in [-0.4, -0.2) is 57.6 Å². The summed E-state index contributed by atoms with van der Waals surface area (Å²) in [6.45, 7) is 3.48. The van der Waals surface area contributed by atoms with E-state index in [1.165, 1.54) is 6.07 Å². The number of rotatable bonds is 7. The van der Waals surface area contributed by atoms with Gasteiger partial charge in [0.15, 0.2) is 5.75 Å². The molecule has 1 atom stereocenters. The van der Waals surface area contributed by atoms with Gasteiger partial charge in [0, 0.05) is 32.4 Å². The minimum atomic E-state index is -4.73. The number of halogens is 3. The Hall–Kier alpha value is -2.45. The first-order valence-corrected chi connectivity index (χ1v) is 9.50. The van der Waals surface area contributed by atoms with Gasteiger partial charge in [0.25, 0.3) is 0 Å². The molecule has 0 bridgehead atoms. The first kappa shape index (κ1) is 21.3. The SMILES string of the molecule is CNc1cc(N2CCN(C)C[C@H]2COCc2ccccc2)ccc1OC(F)(F)F. The lowest BCUT2D eigenvalue weighted by atomic mass is 10.1. The summed E-state index contributed by atoms with van der Waals surface area (Å²) < 4.78 is 47.9. The molecule has 1 heterocycles. The third-order valence-corrected chi connectivity index (χ3v) is 4.90. The maximum Gasteiger partial charge on any atom is 0.573 e. The predicted octanol–water partition coefficient (Wildman–Crippen LogP) is 3.96. The van der Waals surface area contributed by atoms with Gasteiger partial charge in [-0.2, -0.15) is 0 Å². The van der Waals surface area contributed by atoms with E-state index in [2.05, 4.69) is 26.9 Å². The van der Waals surface area contributed by atoms with Gasteiger partial charge in [0.05, 0.1) is 24.9 Å². The summed E-state index contributed by atoms with van der Waals surface area (Å²) in [4.78, 5) is 4.41. The van der Waals surface area contributed by atoms with Crippen molar-refractivity contribution in [3.63, 3.8) is 0 Å². The van der Waals surface area contributed by atoms with E-state index in [1.807, 2.05) is 30.3 Å². The van der Waals surface area contributed by atoms with E-state index in [4.69, 9.17) is 4.74 Å². The molecule has 8 heteroatoms. The number of anilines is 2. The van der Waals surface area contributed by atoms with Crippen LogP contribution in [0.4, 0.5) is 24.5 Å². The van der Waals surface area contributed by atoms with Gasteiger partial charge < -0.3 is 24.6 Å². The number of alkyl halides is 3. The maximum absolute atomic E-state index is 12.6. The highest BCUT2D eigenvalue weighted by Crippen LogP contribution is 2.34. The second-order valence-corrected chi connectivity index (χ2v) is 7.09. The average Bonchev–Trinajstić information content (AvgIpc) is 2.68. The molecule has 0 spiro atoms. The predicted molar refractivity (Wildman–Crippen MR) is 107 cm³/mol. The second kappa shape index (κ2) is 9.37. The first-order chi connectivity index (χ1) is 13.9. The van der Waals surface area contributed by atoms with Crippen LogP contribution in [0.5, 0.6) is 5.75 Å². The van der Waals surface area contributed by atoms with Crippen molar-refractivity contribution >= 4 is 11.4 Å². The Bertz CT molecular complexity index is 786. The summed E-state index contributed by atoms with van der Waals surface area (Å²) in [5.74, 6) is -0.241. The molecule has 2 aromatic carbocycles. The molecule has 1 fully saturated rings. The third kappa shape index (κ3) is 6.01. The number of likely N-dealkylation sites (N-methyl/N-ethyl adjacent to an activating group) is 1. The molecule has 1 aliphatic rings. The molecule has 0 amide bonds. The van der Waals surface area contributed by atoms with E-state index in [1.54, 1.807) is 19.2 Å². The Morgan fingerprint density at radius 1 is 1.10 bits per heavy atom. The zero-order valence-corrected chi connectivity index (χ0v) is 16.6. The number of nitrogens with one attached hydrogen (secondary N) is 1. The van der Waals surface area contributed by atoms with Crippen LogP contribution >= 0.6 is 0 Å². The molecule has 0 aromatic heterocycles. The van der Waals surface area contributed by atoms with Gasteiger partial charge in [-0.1, -0.05) is 30.3 Å². The molecule has 1 aliphatic heterocycles. The van der Waals surface area contributed by atoms with Gasteiger partial charge in [-0.05, 0) is 30.8 Å². The van der Waals surface area contributed by atoms with Crippen LogP contribution in [0, 0.1) is 0 Å². The Morgan fingerprint density at radius 3 is 2.55 bits per heavy atom. The van der Waals surface area contributed by atoms with Crippen LogP contribution in [0.3, 0.4) is 0 Å². The largest absolute Gasteiger partial charge is 0.573 e. The average molecular weight is 409 g/mol. The molecule has 0 unspecified atom stereocenters. The molecule has 3 rings (SSSR count). The molecule has 1 N–H and O–H groups in total. The second-order valence-electron chi connectivity index (χ2n) is 7.09. The Labute approximate surface area is 169 Å². The molecule has 2 aromatic rings. The van der Waals surface area contributed by atoms with Gasteiger partial charge in [-0.15, -0.1) is 13.2 Å². The van der Waals surface area contributed by atoms with E-state index in [0.29, 0.717) is 18.9 Å². The molecular weight excluding hydrogens is 383 g/mol. The minimum Gasteiger partial charge on any atom is -0.404 e. The highest BCUT2D eigenvalue weighted by atomic mass is 19.4. The molecule has 29 heavy (non-hydrogen) atoms. The number of benzene rings is 2. The lowest BCUT2D eigenvalue weighted by Crippen LogP contribution is -2.54. The summed E-state index contributed by atoms with van der Waals surface area (Å²) in [6.07, 6.45) is -4.73. The summed E-state index contributed by atoms with van der Waals surface area (Å²) in [5.41, 5.74) is 2.24. The fourth-order valence-electron chi connectivity index (χ4n) is 3.49. The molecule has 0 aliphatic carbocycles. The highest BCUT2D eigenvalue weighted by Gasteiger charge is 2.33. The number of hydrogen-bond donors (Lipinski definition) is 1. The number of piperazine rings is 1. The molecule has 5 nitrogen and oxygen atoms in total. The van der Waals surface area contributed by atoms with Crippen molar-refractivity contribution in [2.75, 3.05) is 50.6 Å². The molecular formula is C21H26F3N3O2. The van der Waals surface area contributed by atoms with Crippen LogP contribution in [0.1, 0.15) is 5.56 Å². The van der Waals surface area contributed by atoms with E-state index in [-0.39, 0.29) is 11.8 Å². The van der Waals surface area contributed by atoms with Gasteiger partial charge in [0.2, 0.25) is 0 Å². The van der Waals surface area contributed by atoms with Crippen molar-refractivity contribution in [2.24, 2.45) is 0 Å². The summed E-state index contributed by atoms with van der Waals surface area (Å²) in [7, 11) is 3.63. The Balaban J connectivity index is 1.72. The molecule has 1 saturated heterocycles.